The van der Waals surface area contributed by atoms with Gasteiger partial charge in [0, 0.05) is 11.8 Å². The average molecular weight is 303 g/mol. The molecule has 3 aromatic rings. The van der Waals surface area contributed by atoms with Crippen molar-refractivity contribution in [3.05, 3.63) is 47.2 Å². The Kier molecular flexibility index (Phi) is 3.19. The smallest absolute Gasteiger partial charge is 0.338 e. The number of aromatic nitrogens is 1. The van der Waals surface area contributed by atoms with Crippen LogP contribution >= 0.6 is 11.3 Å². The van der Waals surface area contributed by atoms with Gasteiger partial charge in [-0.1, -0.05) is 0 Å². The van der Waals surface area contributed by atoms with Gasteiger partial charge in [0.15, 0.2) is 0 Å². The number of nitrogen functional groups attached to an aromatic ring is 1. The number of aromatic carboxylic acids is 1. The minimum absolute atomic E-state index is 0.165. The molecule has 0 saturated heterocycles. The molecule has 0 atom stereocenters. The summed E-state index contributed by atoms with van der Waals surface area (Å²) in [6.07, 6.45) is 0. The van der Waals surface area contributed by atoms with Gasteiger partial charge in [-0.3, -0.25) is 0 Å². The number of rotatable bonds is 3. The molecule has 7 heteroatoms. The highest BCUT2D eigenvalue weighted by Crippen LogP contribution is 2.29. The zero-order valence-corrected chi connectivity index (χ0v) is 11.4. The lowest BCUT2D eigenvalue weighted by Gasteiger charge is -2.11. The van der Waals surface area contributed by atoms with Crippen molar-refractivity contribution in [3.63, 3.8) is 0 Å². The fraction of sp³-hybridized carbons (Fsp3) is 0. The van der Waals surface area contributed by atoms with Crippen LogP contribution in [0.25, 0.3) is 10.2 Å². The third-order valence-corrected chi connectivity index (χ3v) is 3.77. The maximum atomic E-state index is 13.7. The van der Waals surface area contributed by atoms with Crippen LogP contribution in [0.4, 0.5) is 21.5 Å². The van der Waals surface area contributed by atoms with E-state index in [-0.39, 0.29) is 5.69 Å². The highest BCUT2D eigenvalue weighted by molar-refractivity contribution is 7.16. The second kappa shape index (κ2) is 5.02. The molecule has 5 nitrogen and oxygen atoms in total. The predicted octanol–water partition coefficient (Wildman–Crippen LogP) is 3.46. The van der Waals surface area contributed by atoms with E-state index in [1.54, 1.807) is 11.6 Å². The first kappa shape index (κ1) is 13.3. The van der Waals surface area contributed by atoms with Gasteiger partial charge in [0.25, 0.3) is 0 Å². The molecular formula is C14H10FN3O2S. The summed E-state index contributed by atoms with van der Waals surface area (Å²) in [5.41, 5.74) is 9.15. The van der Waals surface area contributed by atoms with Crippen LogP contribution in [0.15, 0.2) is 35.8 Å². The fourth-order valence-corrected chi connectivity index (χ4v) is 2.67. The van der Waals surface area contributed by atoms with Crippen molar-refractivity contribution in [3.8, 4) is 0 Å². The number of nitrogens with zero attached hydrogens (tertiary/aromatic N) is 1. The van der Waals surface area contributed by atoms with Gasteiger partial charge in [-0.15, -0.1) is 11.3 Å². The van der Waals surface area contributed by atoms with E-state index in [1.165, 1.54) is 11.3 Å². The standard InChI is InChI=1S/C14H10FN3O2S/c15-9-5-12(10(16)4-8(9)14(19)20)18-7-1-2-11-13(3-7)21-6-17-11/h1-6,18H,16H2,(H,19,20). The van der Waals surface area contributed by atoms with E-state index in [0.717, 1.165) is 28.0 Å². The zero-order chi connectivity index (χ0) is 15.0. The Hall–Kier alpha value is -2.67. The van der Waals surface area contributed by atoms with E-state index in [0.29, 0.717) is 5.69 Å². The Labute approximate surface area is 122 Å². The number of carbonyl (C=O) groups is 1. The number of anilines is 3. The first-order chi connectivity index (χ1) is 10.0. The van der Waals surface area contributed by atoms with Crippen LogP contribution in [0.5, 0.6) is 0 Å². The van der Waals surface area contributed by atoms with Gasteiger partial charge in [-0.2, -0.15) is 0 Å². The van der Waals surface area contributed by atoms with Crippen LogP contribution in [-0.2, 0) is 0 Å². The summed E-state index contributed by atoms with van der Waals surface area (Å²) >= 11 is 1.49. The van der Waals surface area contributed by atoms with E-state index >= 15 is 0 Å². The molecule has 0 bridgehead atoms. The number of nitrogens with two attached hydrogens (primary N) is 1. The van der Waals surface area contributed by atoms with Crippen molar-refractivity contribution in [1.82, 2.24) is 4.98 Å². The summed E-state index contributed by atoms with van der Waals surface area (Å²) < 4.78 is 14.7. The molecule has 1 heterocycles. The van der Waals surface area contributed by atoms with Gasteiger partial charge < -0.3 is 16.2 Å². The Morgan fingerprint density at radius 1 is 1.33 bits per heavy atom. The Balaban J connectivity index is 1.97. The molecule has 2 aromatic carbocycles. The third-order valence-electron chi connectivity index (χ3n) is 2.98. The molecule has 0 saturated carbocycles. The third kappa shape index (κ3) is 2.50. The number of fused-ring (bicyclic) bond motifs is 1. The van der Waals surface area contributed by atoms with Crippen molar-refractivity contribution in [2.24, 2.45) is 0 Å². The Bertz CT molecular complexity index is 847. The molecule has 0 aliphatic carbocycles. The van der Waals surface area contributed by atoms with Gasteiger partial charge in [-0.25, -0.2) is 14.2 Å². The quantitative estimate of drug-likeness (QED) is 0.645. The molecule has 0 spiro atoms. The van der Waals surface area contributed by atoms with Crippen LogP contribution in [0.1, 0.15) is 10.4 Å². The summed E-state index contributed by atoms with van der Waals surface area (Å²) in [5.74, 6) is -2.19. The highest BCUT2D eigenvalue weighted by atomic mass is 32.1. The largest absolute Gasteiger partial charge is 0.478 e. The Morgan fingerprint density at radius 3 is 2.90 bits per heavy atom. The molecule has 3 rings (SSSR count). The molecule has 0 radical (unpaired) electrons. The van der Waals surface area contributed by atoms with Crippen LogP contribution in [0, 0.1) is 5.82 Å². The number of thiazole rings is 1. The monoisotopic (exact) mass is 303 g/mol. The average Bonchev–Trinajstić information content (AvgIpc) is 2.89. The van der Waals surface area contributed by atoms with Crippen molar-refractivity contribution < 1.29 is 14.3 Å². The van der Waals surface area contributed by atoms with Gasteiger partial charge >= 0.3 is 5.97 Å². The zero-order valence-electron chi connectivity index (χ0n) is 10.6. The summed E-state index contributed by atoms with van der Waals surface area (Å²) in [5, 5.41) is 11.8. The number of carboxylic acids is 1. The van der Waals surface area contributed by atoms with Crippen LogP contribution in [0.2, 0.25) is 0 Å². The van der Waals surface area contributed by atoms with Crippen molar-refractivity contribution in [1.29, 1.82) is 0 Å². The molecule has 21 heavy (non-hydrogen) atoms. The molecule has 106 valence electrons. The number of carboxylic acid groups (broad SMARTS) is 1. The number of hydrogen-bond acceptors (Lipinski definition) is 5. The molecular weight excluding hydrogens is 293 g/mol. The topological polar surface area (TPSA) is 88.2 Å². The molecule has 0 aliphatic rings. The first-order valence-electron chi connectivity index (χ1n) is 5.97. The molecule has 1 aromatic heterocycles. The van der Waals surface area contributed by atoms with Crippen LogP contribution in [-0.4, -0.2) is 16.1 Å². The van der Waals surface area contributed by atoms with Crippen LogP contribution in [0.3, 0.4) is 0 Å². The SMILES string of the molecule is Nc1cc(C(=O)O)c(F)cc1Nc1ccc2ncsc2c1. The number of hydrogen-bond donors (Lipinski definition) is 3. The predicted molar refractivity (Wildman–Crippen MR) is 80.7 cm³/mol. The van der Waals surface area contributed by atoms with Gasteiger partial charge in [-0.05, 0) is 24.3 Å². The van der Waals surface area contributed by atoms with Gasteiger partial charge in [0.05, 0.1) is 32.7 Å². The summed E-state index contributed by atoms with van der Waals surface area (Å²) in [6, 6.07) is 7.69. The number of benzene rings is 2. The molecule has 0 fully saturated rings. The molecule has 0 amide bonds. The number of halogens is 1. The first-order valence-corrected chi connectivity index (χ1v) is 6.85. The highest BCUT2D eigenvalue weighted by Gasteiger charge is 2.14. The lowest BCUT2D eigenvalue weighted by molar-refractivity contribution is 0.0692. The maximum absolute atomic E-state index is 13.7. The second-order valence-corrected chi connectivity index (χ2v) is 5.27. The van der Waals surface area contributed by atoms with E-state index in [1.807, 2.05) is 12.1 Å². The van der Waals surface area contributed by atoms with Crippen molar-refractivity contribution >= 4 is 44.6 Å². The molecule has 0 unspecified atom stereocenters. The second-order valence-electron chi connectivity index (χ2n) is 4.38. The van der Waals surface area contributed by atoms with Crippen LogP contribution < -0.4 is 11.1 Å². The minimum atomic E-state index is -1.35. The van der Waals surface area contributed by atoms with Crippen molar-refractivity contribution in [2.75, 3.05) is 11.1 Å². The maximum Gasteiger partial charge on any atom is 0.338 e. The lowest BCUT2D eigenvalue weighted by atomic mass is 10.1. The summed E-state index contributed by atoms with van der Waals surface area (Å²) in [4.78, 5) is 15.0. The van der Waals surface area contributed by atoms with E-state index in [2.05, 4.69) is 10.3 Å². The van der Waals surface area contributed by atoms with Gasteiger partial charge in [0.1, 0.15) is 5.82 Å². The molecule has 0 aliphatic heterocycles. The van der Waals surface area contributed by atoms with E-state index < -0.39 is 17.3 Å². The normalized spacial score (nSPS) is 10.7. The Morgan fingerprint density at radius 2 is 2.14 bits per heavy atom. The number of nitrogens with one attached hydrogen (secondary N) is 1. The lowest BCUT2D eigenvalue weighted by Crippen LogP contribution is -2.05. The minimum Gasteiger partial charge on any atom is -0.478 e. The van der Waals surface area contributed by atoms with E-state index in [9.17, 15) is 9.18 Å². The molecule has 4 N–H and O–H groups in total. The summed E-state index contributed by atoms with van der Waals surface area (Å²) in [7, 11) is 0. The van der Waals surface area contributed by atoms with E-state index in [4.69, 9.17) is 10.8 Å². The van der Waals surface area contributed by atoms with Crippen molar-refractivity contribution in [2.45, 2.75) is 0 Å². The fourth-order valence-electron chi connectivity index (χ4n) is 1.95. The summed E-state index contributed by atoms with van der Waals surface area (Å²) in [6.45, 7) is 0. The van der Waals surface area contributed by atoms with Gasteiger partial charge in [0.2, 0.25) is 0 Å².